The van der Waals surface area contributed by atoms with Crippen LogP contribution < -0.4 is 5.73 Å². The van der Waals surface area contributed by atoms with Crippen molar-refractivity contribution in [2.45, 2.75) is 38.0 Å². The molecule has 1 aromatic heterocycles. The Labute approximate surface area is 103 Å². The van der Waals surface area contributed by atoms with Gasteiger partial charge in [-0.15, -0.1) is 0 Å². The fourth-order valence-corrected chi connectivity index (χ4v) is 2.68. The first kappa shape index (κ1) is 12.6. The van der Waals surface area contributed by atoms with Crippen molar-refractivity contribution >= 4 is 0 Å². The van der Waals surface area contributed by atoms with Crippen LogP contribution in [0.5, 0.6) is 0 Å². The molecule has 3 unspecified atom stereocenters. The predicted octanol–water partition coefficient (Wildman–Crippen LogP) is 1.78. The molecule has 1 aromatic rings. The number of furan rings is 1. The molecule has 2 heterocycles. The Bertz CT molecular complexity index is 326. The van der Waals surface area contributed by atoms with Crippen LogP contribution in [0, 0.1) is 0 Å². The maximum atomic E-state index is 5.87. The number of piperidine rings is 1. The molecule has 4 heteroatoms. The molecule has 0 radical (unpaired) electrons. The number of hydrogen-bond donors (Lipinski definition) is 1. The van der Waals surface area contributed by atoms with Gasteiger partial charge in [0.2, 0.25) is 0 Å². The Balaban J connectivity index is 2.04. The lowest BCUT2D eigenvalue weighted by Crippen LogP contribution is -2.49. The minimum atomic E-state index is 0.288. The topological polar surface area (TPSA) is 51.6 Å². The fourth-order valence-electron chi connectivity index (χ4n) is 2.68. The predicted molar refractivity (Wildman–Crippen MR) is 66.7 cm³/mol. The molecule has 0 bridgehead atoms. The molecule has 1 fully saturated rings. The molecule has 3 atom stereocenters. The highest BCUT2D eigenvalue weighted by molar-refractivity contribution is 5.05. The van der Waals surface area contributed by atoms with E-state index in [1.807, 2.05) is 12.1 Å². The minimum absolute atomic E-state index is 0.288. The minimum Gasteiger partial charge on any atom is -0.468 e. The molecular weight excluding hydrogens is 216 g/mol. The first-order valence-corrected chi connectivity index (χ1v) is 6.28. The van der Waals surface area contributed by atoms with Gasteiger partial charge in [-0.1, -0.05) is 0 Å². The number of nitrogens with zero attached hydrogens (tertiary/aromatic N) is 1. The van der Waals surface area contributed by atoms with E-state index in [0.29, 0.717) is 18.7 Å². The van der Waals surface area contributed by atoms with Crippen LogP contribution in [0.2, 0.25) is 0 Å². The Morgan fingerprint density at radius 3 is 3.06 bits per heavy atom. The van der Waals surface area contributed by atoms with Gasteiger partial charge < -0.3 is 14.9 Å². The summed E-state index contributed by atoms with van der Waals surface area (Å²) >= 11 is 0. The number of nitrogens with two attached hydrogens (primary N) is 1. The summed E-state index contributed by atoms with van der Waals surface area (Å²) in [5, 5.41) is 0. The maximum Gasteiger partial charge on any atom is 0.120 e. The molecule has 0 aliphatic carbocycles. The highest BCUT2D eigenvalue weighted by Crippen LogP contribution is 2.29. The van der Waals surface area contributed by atoms with Crippen LogP contribution in [-0.2, 0) is 4.74 Å². The van der Waals surface area contributed by atoms with Crippen LogP contribution in [0.4, 0.5) is 0 Å². The van der Waals surface area contributed by atoms with Crippen LogP contribution in [0.15, 0.2) is 22.8 Å². The summed E-state index contributed by atoms with van der Waals surface area (Å²) < 4.78 is 10.9. The van der Waals surface area contributed by atoms with E-state index in [1.165, 1.54) is 0 Å². The van der Waals surface area contributed by atoms with Gasteiger partial charge in [-0.05, 0) is 31.9 Å². The van der Waals surface area contributed by atoms with Crippen molar-refractivity contribution in [2.24, 2.45) is 5.73 Å². The average molecular weight is 238 g/mol. The van der Waals surface area contributed by atoms with Crippen molar-refractivity contribution in [3.63, 3.8) is 0 Å². The van der Waals surface area contributed by atoms with E-state index in [1.54, 1.807) is 13.4 Å². The summed E-state index contributed by atoms with van der Waals surface area (Å²) in [5.41, 5.74) is 5.87. The summed E-state index contributed by atoms with van der Waals surface area (Å²) in [5.74, 6) is 1.01. The summed E-state index contributed by atoms with van der Waals surface area (Å²) in [7, 11) is 1.78. The Hall–Kier alpha value is -0.840. The zero-order valence-electron chi connectivity index (χ0n) is 10.6. The van der Waals surface area contributed by atoms with Gasteiger partial charge in [-0.3, -0.25) is 4.90 Å². The molecule has 1 saturated heterocycles. The van der Waals surface area contributed by atoms with Crippen LogP contribution in [-0.4, -0.2) is 37.2 Å². The van der Waals surface area contributed by atoms with E-state index in [4.69, 9.17) is 14.9 Å². The third-order valence-electron chi connectivity index (χ3n) is 3.77. The van der Waals surface area contributed by atoms with Gasteiger partial charge in [-0.2, -0.15) is 0 Å². The third-order valence-corrected chi connectivity index (χ3v) is 3.77. The van der Waals surface area contributed by atoms with Gasteiger partial charge in [-0.25, -0.2) is 0 Å². The summed E-state index contributed by atoms with van der Waals surface area (Å²) in [6, 6.07) is 4.64. The van der Waals surface area contributed by atoms with Crippen LogP contribution >= 0.6 is 0 Å². The highest BCUT2D eigenvalue weighted by Gasteiger charge is 2.31. The number of likely N-dealkylation sites (tertiary alicyclic amines) is 1. The quantitative estimate of drug-likeness (QED) is 0.868. The first-order chi connectivity index (χ1) is 8.26. The van der Waals surface area contributed by atoms with Crippen molar-refractivity contribution in [1.82, 2.24) is 4.90 Å². The SMILES string of the molecule is COC1CCN(C(C)c2ccco2)C(CN)C1. The Morgan fingerprint density at radius 1 is 1.65 bits per heavy atom. The van der Waals surface area contributed by atoms with Crippen LogP contribution in [0.1, 0.15) is 31.6 Å². The molecule has 96 valence electrons. The molecule has 4 nitrogen and oxygen atoms in total. The van der Waals surface area contributed by atoms with E-state index in [0.717, 1.165) is 25.1 Å². The molecule has 1 aliphatic rings. The Kier molecular flexibility index (Phi) is 4.20. The largest absolute Gasteiger partial charge is 0.468 e. The fraction of sp³-hybridized carbons (Fsp3) is 0.692. The van der Waals surface area contributed by atoms with Gasteiger partial charge >= 0.3 is 0 Å². The monoisotopic (exact) mass is 238 g/mol. The highest BCUT2D eigenvalue weighted by atomic mass is 16.5. The molecule has 17 heavy (non-hydrogen) atoms. The summed E-state index contributed by atoms with van der Waals surface area (Å²) in [6.45, 7) is 3.86. The van der Waals surface area contributed by atoms with Crippen molar-refractivity contribution in [3.8, 4) is 0 Å². The molecular formula is C13H22N2O2. The second-order valence-electron chi connectivity index (χ2n) is 4.70. The number of hydrogen-bond acceptors (Lipinski definition) is 4. The standard InChI is InChI=1S/C13H22N2O2/c1-10(13-4-3-7-17-13)15-6-5-12(16-2)8-11(15)9-14/h3-4,7,10-12H,5-6,8-9,14H2,1-2H3. The zero-order valence-corrected chi connectivity index (χ0v) is 10.6. The molecule has 0 aromatic carbocycles. The van der Waals surface area contributed by atoms with Gasteiger partial charge in [0.15, 0.2) is 0 Å². The van der Waals surface area contributed by atoms with Gasteiger partial charge in [0, 0.05) is 26.2 Å². The van der Waals surface area contributed by atoms with Gasteiger partial charge in [0.05, 0.1) is 18.4 Å². The number of methoxy groups -OCH3 is 1. The van der Waals surface area contributed by atoms with Gasteiger partial charge in [0.25, 0.3) is 0 Å². The van der Waals surface area contributed by atoms with Crippen molar-refractivity contribution in [3.05, 3.63) is 24.2 Å². The summed E-state index contributed by atoms with van der Waals surface area (Å²) in [6.07, 6.45) is 4.16. The van der Waals surface area contributed by atoms with E-state index < -0.39 is 0 Å². The van der Waals surface area contributed by atoms with Crippen LogP contribution in [0.3, 0.4) is 0 Å². The van der Waals surface area contributed by atoms with E-state index in [9.17, 15) is 0 Å². The second kappa shape index (κ2) is 5.67. The molecule has 2 N–H and O–H groups in total. The number of rotatable bonds is 4. The van der Waals surface area contributed by atoms with Crippen molar-refractivity contribution in [2.75, 3.05) is 20.2 Å². The second-order valence-corrected chi connectivity index (χ2v) is 4.70. The zero-order chi connectivity index (χ0) is 12.3. The smallest absolute Gasteiger partial charge is 0.120 e. The lowest BCUT2D eigenvalue weighted by atomic mass is 9.97. The molecule has 0 amide bonds. The molecule has 2 rings (SSSR count). The maximum absolute atomic E-state index is 5.87. The number of ether oxygens (including phenoxy) is 1. The molecule has 0 spiro atoms. The van der Waals surface area contributed by atoms with E-state index in [2.05, 4.69) is 11.8 Å². The molecule has 1 aliphatic heterocycles. The summed E-state index contributed by atoms with van der Waals surface area (Å²) in [4.78, 5) is 2.42. The molecule has 0 saturated carbocycles. The van der Waals surface area contributed by atoms with Crippen molar-refractivity contribution < 1.29 is 9.15 Å². The normalized spacial score (nSPS) is 28.2. The third kappa shape index (κ3) is 2.70. The van der Waals surface area contributed by atoms with E-state index in [-0.39, 0.29) is 6.04 Å². The Morgan fingerprint density at radius 2 is 2.47 bits per heavy atom. The lowest BCUT2D eigenvalue weighted by molar-refractivity contribution is -0.00505. The van der Waals surface area contributed by atoms with Crippen molar-refractivity contribution in [1.29, 1.82) is 0 Å². The van der Waals surface area contributed by atoms with Gasteiger partial charge in [0.1, 0.15) is 5.76 Å². The van der Waals surface area contributed by atoms with E-state index >= 15 is 0 Å². The average Bonchev–Trinajstić information content (AvgIpc) is 2.91. The first-order valence-electron chi connectivity index (χ1n) is 6.28. The van der Waals surface area contributed by atoms with Crippen LogP contribution in [0.25, 0.3) is 0 Å². The lowest BCUT2D eigenvalue weighted by Gasteiger charge is -2.41.